The van der Waals surface area contributed by atoms with E-state index in [0.717, 1.165) is 63.7 Å². The second kappa shape index (κ2) is 18.5. The predicted octanol–water partition coefficient (Wildman–Crippen LogP) is 2.96. The number of aliphatic hydroxyl groups is 2. The minimum atomic E-state index is -1.09. The Morgan fingerprint density at radius 2 is 1.64 bits per heavy atom. The van der Waals surface area contributed by atoms with E-state index in [1.165, 1.54) is 19.3 Å². The maximum absolute atomic E-state index is 14.0. The summed E-state index contributed by atoms with van der Waals surface area (Å²) in [5.41, 5.74) is 0.937. The number of hydrogen-bond acceptors (Lipinski definition) is 7. The van der Waals surface area contributed by atoms with Gasteiger partial charge in [0.1, 0.15) is 12.1 Å². The van der Waals surface area contributed by atoms with Gasteiger partial charge in [-0.25, -0.2) is 0 Å². The molecule has 0 radical (unpaired) electrons. The Morgan fingerprint density at radius 3 is 2.28 bits per heavy atom. The summed E-state index contributed by atoms with van der Waals surface area (Å²) in [5.74, 6) is 1.43. The quantitative estimate of drug-likeness (QED) is 0.175. The van der Waals surface area contributed by atoms with Crippen molar-refractivity contribution in [1.82, 2.24) is 25.3 Å². The number of terminal acetylenes is 1. The van der Waals surface area contributed by atoms with E-state index < -0.39 is 36.1 Å². The fourth-order valence-corrected chi connectivity index (χ4v) is 8.57. The molecule has 50 heavy (non-hydrogen) atoms. The van der Waals surface area contributed by atoms with Crippen molar-refractivity contribution < 1.29 is 24.6 Å². The molecule has 3 amide bonds. The molecule has 276 valence electrons. The third-order valence-corrected chi connectivity index (χ3v) is 11.8. The molecule has 2 saturated carbocycles. The van der Waals surface area contributed by atoms with Crippen molar-refractivity contribution in [3.63, 3.8) is 0 Å². The lowest BCUT2D eigenvalue weighted by Crippen LogP contribution is -2.56. The van der Waals surface area contributed by atoms with E-state index in [1.807, 2.05) is 37.4 Å². The summed E-state index contributed by atoms with van der Waals surface area (Å²) in [7, 11) is 3.99. The number of fused-ring (bicyclic) bond motifs is 2. The second-order valence-corrected chi connectivity index (χ2v) is 15.7. The van der Waals surface area contributed by atoms with Crippen molar-refractivity contribution in [2.24, 2.45) is 17.8 Å². The normalized spacial score (nSPS) is 24.4. The summed E-state index contributed by atoms with van der Waals surface area (Å²) in [6, 6.07) is 9.15. The summed E-state index contributed by atoms with van der Waals surface area (Å²) in [5, 5.41) is 28.1. The lowest BCUT2D eigenvalue weighted by Gasteiger charge is -2.40. The van der Waals surface area contributed by atoms with Crippen LogP contribution in [0.5, 0.6) is 0 Å². The second-order valence-electron chi connectivity index (χ2n) is 15.7. The lowest BCUT2D eigenvalue weighted by molar-refractivity contribution is -0.137. The molecule has 2 saturated heterocycles. The number of nitrogens with one attached hydrogen (secondary N) is 2. The Kier molecular flexibility index (Phi) is 14.2. The molecule has 1 aromatic rings. The average Bonchev–Trinajstić information content (AvgIpc) is 3.93. The van der Waals surface area contributed by atoms with Crippen molar-refractivity contribution in [2.45, 2.75) is 126 Å². The first kappa shape index (κ1) is 38.3. The minimum Gasteiger partial charge on any atom is -0.390 e. The summed E-state index contributed by atoms with van der Waals surface area (Å²) < 4.78 is 0. The van der Waals surface area contributed by atoms with E-state index in [2.05, 4.69) is 33.4 Å². The first-order chi connectivity index (χ1) is 24.1. The first-order valence-corrected chi connectivity index (χ1v) is 19.3. The highest BCUT2D eigenvalue weighted by atomic mass is 16.3. The van der Waals surface area contributed by atoms with Crippen molar-refractivity contribution in [3.05, 3.63) is 35.9 Å². The Labute approximate surface area is 299 Å². The lowest BCUT2D eigenvalue weighted by atomic mass is 9.82. The van der Waals surface area contributed by atoms with Crippen LogP contribution >= 0.6 is 0 Å². The van der Waals surface area contributed by atoms with Gasteiger partial charge in [-0.3, -0.25) is 19.3 Å². The molecule has 4 aliphatic rings. The largest absolute Gasteiger partial charge is 0.390 e. The smallest absolute Gasteiger partial charge is 0.242 e. The monoisotopic (exact) mass is 691 g/mol. The van der Waals surface area contributed by atoms with Crippen LogP contribution in [0.4, 0.5) is 0 Å². The number of piperazine rings is 1. The van der Waals surface area contributed by atoms with Gasteiger partial charge in [-0.1, -0.05) is 62.4 Å². The van der Waals surface area contributed by atoms with Gasteiger partial charge < -0.3 is 30.6 Å². The minimum absolute atomic E-state index is 0.0207. The topological polar surface area (TPSA) is 125 Å². The van der Waals surface area contributed by atoms with Crippen LogP contribution in [0, 0.1) is 30.1 Å². The van der Waals surface area contributed by atoms with Crippen LogP contribution in [0.1, 0.15) is 89.0 Å². The molecule has 7 atom stereocenters. The highest BCUT2D eigenvalue weighted by Crippen LogP contribution is 2.36. The van der Waals surface area contributed by atoms with Gasteiger partial charge in [-0.2, -0.15) is 0 Å². The number of hydrogen-bond donors (Lipinski definition) is 4. The zero-order valence-corrected chi connectivity index (χ0v) is 30.3. The van der Waals surface area contributed by atoms with E-state index >= 15 is 0 Å². The predicted molar refractivity (Wildman–Crippen MR) is 195 cm³/mol. The van der Waals surface area contributed by atoms with Gasteiger partial charge in [0.2, 0.25) is 17.7 Å². The Hall–Kier alpha value is -2.97. The van der Waals surface area contributed by atoms with E-state index in [1.54, 1.807) is 4.90 Å². The molecule has 4 N–H and O–H groups in total. The molecule has 10 heteroatoms. The van der Waals surface area contributed by atoms with Gasteiger partial charge in [0.05, 0.1) is 18.1 Å². The third-order valence-electron chi connectivity index (χ3n) is 11.8. The number of aliphatic hydroxyl groups excluding tert-OH is 2. The van der Waals surface area contributed by atoms with Gasteiger partial charge in [0, 0.05) is 58.2 Å². The van der Waals surface area contributed by atoms with Gasteiger partial charge in [-0.05, 0) is 69.4 Å². The molecule has 10 nitrogen and oxygen atoms in total. The van der Waals surface area contributed by atoms with Crippen molar-refractivity contribution in [2.75, 3.05) is 40.3 Å². The maximum Gasteiger partial charge on any atom is 0.242 e. The van der Waals surface area contributed by atoms with Crippen LogP contribution in [-0.4, -0.2) is 119 Å². The molecule has 2 unspecified atom stereocenters. The first-order valence-electron chi connectivity index (χ1n) is 19.3. The molecule has 4 fully saturated rings. The summed E-state index contributed by atoms with van der Waals surface area (Å²) in [4.78, 5) is 48.3. The van der Waals surface area contributed by atoms with Crippen LogP contribution in [-0.2, 0) is 20.8 Å². The van der Waals surface area contributed by atoms with Crippen LogP contribution in [0.2, 0.25) is 0 Å². The van der Waals surface area contributed by atoms with Gasteiger partial charge in [-0.15, -0.1) is 12.3 Å². The molecule has 2 aliphatic carbocycles. The Bertz CT molecular complexity index is 1280. The van der Waals surface area contributed by atoms with E-state index in [9.17, 15) is 24.6 Å². The number of benzene rings is 1. The molecule has 0 aromatic heterocycles. The van der Waals surface area contributed by atoms with Gasteiger partial charge >= 0.3 is 0 Å². The third kappa shape index (κ3) is 10.8. The summed E-state index contributed by atoms with van der Waals surface area (Å²) in [6.07, 6.45) is 14.7. The molecule has 0 spiro atoms. The number of likely N-dealkylation sites (tertiary alicyclic amines) is 1. The fourth-order valence-electron chi connectivity index (χ4n) is 8.57. The number of carbonyl (C=O) groups is 3. The highest BCUT2D eigenvalue weighted by molar-refractivity contribution is 5.91. The van der Waals surface area contributed by atoms with E-state index in [-0.39, 0.29) is 37.0 Å². The molecule has 2 heterocycles. The number of nitrogens with zero attached hydrogens (tertiary/aromatic N) is 3. The van der Waals surface area contributed by atoms with Crippen LogP contribution in [0.25, 0.3) is 0 Å². The fraction of sp³-hybridized carbons (Fsp3) is 0.725. The molecular formula is C40H61N5O5. The van der Waals surface area contributed by atoms with E-state index in [4.69, 9.17) is 6.42 Å². The Balaban J connectivity index is 1.24. The number of carbonyl (C=O) groups excluding carboxylic acids is 3. The van der Waals surface area contributed by atoms with Crippen LogP contribution in [0.3, 0.4) is 0 Å². The maximum atomic E-state index is 14.0. The average molecular weight is 692 g/mol. The van der Waals surface area contributed by atoms with Gasteiger partial charge in [0.25, 0.3) is 0 Å². The SMILES string of the molecule is C#CCC[C@H](NC(=O)[C@@H](CC(=O)N(C)CCN1C2CCC1CN(C)C2)Cc1ccccc1)C(=O)N[C@@H](CC1CCCCC1)[C@@H](O)[C@@H](O)C1CC1. The number of likely N-dealkylation sites (N-methyl/N-ethyl adjacent to an activating group) is 2. The van der Waals surface area contributed by atoms with Crippen molar-refractivity contribution >= 4 is 17.7 Å². The zero-order chi connectivity index (χ0) is 35.6. The molecular weight excluding hydrogens is 630 g/mol. The van der Waals surface area contributed by atoms with E-state index in [0.29, 0.717) is 37.4 Å². The molecule has 5 rings (SSSR count). The zero-order valence-electron chi connectivity index (χ0n) is 30.3. The molecule has 2 bridgehead atoms. The Morgan fingerprint density at radius 1 is 0.960 bits per heavy atom. The summed E-state index contributed by atoms with van der Waals surface area (Å²) in [6.45, 7) is 3.53. The van der Waals surface area contributed by atoms with Crippen LogP contribution < -0.4 is 10.6 Å². The standard InChI is InChI=1S/C40H61N5O5/c1-4-5-16-34(40(50)42-35(24-29-14-10-7-11-15-29)38(48)37(47)30-17-18-30)41-39(49)31(23-28-12-8-6-9-13-28)25-36(46)44(3)21-22-45-32-19-20-33(45)27-43(2)26-32/h1,6,8-9,12-13,29-35,37-38,47-48H,5,7,10-11,14-27H2,2-3H3,(H,41,49)(H,42,50)/t31-,32?,33?,34+,35+,37+,38-/m1/s1. The van der Waals surface area contributed by atoms with Crippen LogP contribution in [0.15, 0.2) is 30.3 Å². The van der Waals surface area contributed by atoms with Gasteiger partial charge in [0.15, 0.2) is 0 Å². The molecule has 1 aromatic carbocycles. The number of rotatable bonds is 18. The molecule has 2 aliphatic heterocycles. The number of amides is 3. The highest BCUT2D eigenvalue weighted by Gasteiger charge is 2.41. The summed E-state index contributed by atoms with van der Waals surface area (Å²) >= 11 is 0. The van der Waals surface area contributed by atoms with Crippen molar-refractivity contribution in [3.8, 4) is 12.3 Å². The van der Waals surface area contributed by atoms with Crippen molar-refractivity contribution in [1.29, 1.82) is 0 Å².